The number of hydrogen-bond acceptors (Lipinski definition) is 3. The number of nitrogens with zero attached hydrogens (tertiary/aromatic N) is 2. The molecule has 0 saturated heterocycles. The van der Waals surface area contributed by atoms with Crippen molar-refractivity contribution >= 4 is 29.9 Å². The lowest BCUT2D eigenvalue weighted by atomic mass is 9.64. The fourth-order valence-corrected chi connectivity index (χ4v) is 3.50. The quantitative estimate of drug-likeness (QED) is 0.806. The fourth-order valence-electron chi connectivity index (χ4n) is 3.37. The van der Waals surface area contributed by atoms with Gasteiger partial charge in [0.05, 0.1) is 6.20 Å². The standard InChI is InChI=1S/C18H23ClN4O.ClH/c1-20-16(13-10-22-23(2)11-13)17(24)21-12-18(8-3-9-18)14-4-6-15(19)7-5-14;/h4-7,10-11,16,20H,3,8-9,12H2,1-2H3,(H,21,24);1H. The summed E-state index contributed by atoms with van der Waals surface area (Å²) in [4.78, 5) is 12.6. The predicted molar refractivity (Wildman–Crippen MR) is 102 cm³/mol. The van der Waals surface area contributed by atoms with Crippen LogP contribution in [-0.4, -0.2) is 29.3 Å². The molecule has 1 aliphatic rings. The van der Waals surface area contributed by atoms with Crippen molar-refractivity contribution in [3.63, 3.8) is 0 Å². The van der Waals surface area contributed by atoms with Gasteiger partial charge in [0, 0.05) is 35.8 Å². The molecule has 136 valence electrons. The van der Waals surface area contributed by atoms with Crippen LogP contribution in [0.15, 0.2) is 36.7 Å². The monoisotopic (exact) mass is 382 g/mol. The van der Waals surface area contributed by atoms with Gasteiger partial charge in [-0.2, -0.15) is 5.10 Å². The molecular weight excluding hydrogens is 359 g/mol. The van der Waals surface area contributed by atoms with Crippen LogP contribution in [0, 0.1) is 0 Å². The number of carbonyl (C=O) groups is 1. The van der Waals surface area contributed by atoms with E-state index in [1.165, 1.54) is 12.0 Å². The second-order valence-corrected chi connectivity index (χ2v) is 6.96. The highest BCUT2D eigenvalue weighted by atomic mass is 35.5. The lowest BCUT2D eigenvalue weighted by molar-refractivity contribution is -0.123. The maximum Gasteiger partial charge on any atom is 0.241 e. The van der Waals surface area contributed by atoms with Crippen LogP contribution in [0.4, 0.5) is 0 Å². The molecule has 1 amide bonds. The highest BCUT2D eigenvalue weighted by molar-refractivity contribution is 6.30. The van der Waals surface area contributed by atoms with Gasteiger partial charge in [0.2, 0.25) is 5.91 Å². The van der Waals surface area contributed by atoms with Crippen LogP contribution in [0.2, 0.25) is 5.02 Å². The molecule has 1 unspecified atom stereocenters. The minimum atomic E-state index is -0.388. The molecule has 1 atom stereocenters. The zero-order chi connectivity index (χ0) is 17.2. The molecule has 1 fully saturated rings. The fraction of sp³-hybridized carbons (Fsp3) is 0.444. The summed E-state index contributed by atoms with van der Waals surface area (Å²) in [6, 6.07) is 7.60. The summed E-state index contributed by atoms with van der Waals surface area (Å²) in [5, 5.41) is 11.1. The largest absolute Gasteiger partial charge is 0.354 e. The number of halogens is 2. The Morgan fingerprint density at radius 2 is 2.04 bits per heavy atom. The first-order valence-corrected chi connectivity index (χ1v) is 8.61. The minimum absolute atomic E-state index is 0. The lowest BCUT2D eigenvalue weighted by Crippen LogP contribution is -2.47. The van der Waals surface area contributed by atoms with E-state index in [2.05, 4.69) is 27.9 Å². The second kappa shape index (κ2) is 8.21. The molecule has 0 aliphatic heterocycles. The zero-order valence-electron chi connectivity index (χ0n) is 14.5. The van der Waals surface area contributed by atoms with Crippen LogP contribution in [0.5, 0.6) is 0 Å². The smallest absolute Gasteiger partial charge is 0.241 e. The number of hydrogen-bond donors (Lipinski definition) is 2. The van der Waals surface area contributed by atoms with Gasteiger partial charge >= 0.3 is 0 Å². The van der Waals surface area contributed by atoms with E-state index < -0.39 is 0 Å². The van der Waals surface area contributed by atoms with Crippen LogP contribution in [0.1, 0.15) is 36.4 Å². The first kappa shape index (κ1) is 19.8. The Balaban J connectivity index is 0.00000225. The molecule has 0 radical (unpaired) electrons. The third-order valence-electron chi connectivity index (χ3n) is 4.98. The molecule has 25 heavy (non-hydrogen) atoms. The number of benzene rings is 1. The summed E-state index contributed by atoms with van der Waals surface area (Å²) in [6.45, 7) is 0.645. The van der Waals surface area contributed by atoms with Crippen molar-refractivity contribution in [2.45, 2.75) is 30.7 Å². The number of carbonyl (C=O) groups excluding carboxylic acids is 1. The Morgan fingerprint density at radius 1 is 1.36 bits per heavy atom. The summed E-state index contributed by atoms with van der Waals surface area (Å²) in [5.41, 5.74) is 2.15. The van der Waals surface area contributed by atoms with Gasteiger partial charge in [0.25, 0.3) is 0 Å². The van der Waals surface area contributed by atoms with Crippen LogP contribution < -0.4 is 10.6 Å². The van der Waals surface area contributed by atoms with Crippen LogP contribution in [-0.2, 0) is 17.3 Å². The van der Waals surface area contributed by atoms with Crippen molar-refractivity contribution in [2.75, 3.05) is 13.6 Å². The van der Waals surface area contributed by atoms with Crippen molar-refractivity contribution in [3.8, 4) is 0 Å². The predicted octanol–water partition coefficient (Wildman–Crippen LogP) is 2.99. The third-order valence-corrected chi connectivity index (χ3v) is 5.23. The maximum atomic E-state index is 12.6. The van der Waals surface area contributed by atoms with Gasteiger partial charge in [0.1, 0.15) is 6.04 Å². The SMILES string of the molecule is CNC(C(=O)NCC1(c2ccc(Cl)cc2)CCC1)c1cnn(C)c1.Cl. The molecule has 5 nitrogen and oxygen atoms in total. The van der Waals surface area contributed by atoms with E-state index >= 15 is 0 Å². The highest BCUT2D eigenvalue weighted by Gasteiger charge is 2.39. The van der Waals surface area contributed by atoms with Crippen molar-refractivity contribution in [3.05, 3.63) is 52.8 Å². The molecule has 7 heteroatoms. The topological polar surface area (TPSA) is 59.0 Å². The van der Waals surface area contributed by atoms with Crippen LogP contribution in [0.3, 0.4) is 0 Å². The van der Waals surface area contributed by atoms with Crippen molar-refractivity contribution in [2.24, 2.45) is 7.05 Å². The van der Waals surface area contributed by atoms with Crippen molar-refractivity contribution in [1.82, 2.24) is 20.4 Å². The number of aryl methyl sites for hydroxylation is 1. The van der Waals surface area contributed by atoms with Crippen molar-refractivity contribution < 1.29 is 4.79 Å². The van der Waals surface area contributed by atoms with Gasteiger partial charge in [0.15, 0.2) is 0 Å². The average molecular weight is 383 g/mol. The molecule has 1 heterocycles. The zero-order valence-corrected chi connectivity index (χ0v) is 16.0. The van der Waals surface area contributed by atoms with Gasteiger partial charge < -0.3 is 10.6 Å². The van der Waals surface area contributed by atoms with Gasteiger partial charge in [-0.1, -0.05) is 30.2 Å². The van der Waals surface area contributed by atoms with E-state index in [0.29, 0.717) is 6.54 Å². The minimum Gasteiger partial charge on any atom is -0.354 e. The number of aromatic nitrogens is 2. The molecule has 1 aliphatic carbocycles. The Kier molecular flexibility index (Phi) is 6.49. The van der Waals surface area contributed by atoms with Crippen LogP contribution >= 0.6 is 24.0 Å². The molecular formula is C18H24Cl2N4O. The average Bonchev–Trinajstić information content (AvgIpc) is 2.95. The van der Waals surface area contributed by atoms with Gasteiger partial charge in [-0.05, 0) is 37.6 Å². The van der Waals surface area contributed by atoms with E-state index in [1.54, 1.807) is 17.9 Å². The van der Waals surface area contributed by atoms with E-state index in [9.17, 15) is 4.79 Å². The molecule has 0 bridgehead atoms. The number of rotatable bonds is 6. The van der Waals surface area contributed by atoms with E-state index in [0.717, 1.165) is 23.4 Å². The van der Waals surface area contributed by atoms with Crippen LogP contribution in [0.25, 0.3) is 0 Å². The highest BCUT2D eigenvalue weighted by Crippen LogP contribution is 2.43. The third kappa shape index (κ3) is 4.17. The molecule has 2 aromatic rings. The van der Waals surface area contributed by atoms with Gasteiger partial charge in [-0.3, -0.25) is 9.48 Å². The Hall–Kier alpha value is -1.56. The van der Waals surface area contributed by atoms with E-state index in [1.807, 2.05) is 25.4 Å². The first-order valence-electron chi connectivity index (χ1n) is 8.24. The number of likely N-dealkylation sites (N-methyl/N-ethyl adjacent to an activating group) is 1. The Morgan fingerprint density at radius 3 is 2.52 bits per heavy atom. The number of amides is 1. The Bertz CT molecular complexity index is 710. The molecule has 1 saturated carbocycles. The summed E-state index contributed by atoms with van der Waals surface area (Å²) in [7, 11) is 3.63. The summed E-state index contributed by atoms with van der Waals surface area (Å²) in [5.74, 6) is -0.0225. The Labute approximate surface area is 159 Å². The molecule has 3 rings (SSSR count). The summed E-state index contributed by atoms with van der Waals surface area (Å²) < 4.78 is 1.70. The lowest BCUT2D eigenvalue weighted by Gasteiger charge is -2.43. The first-order chi connectivity index (χ1) is 11.5. The molecule has 1 aromatic carbocycles. The molecule has 2 N–H and O–H groups in total. The molecule has 0 spiro atoms. The van der Waals surface area contributed by atoms with Gasteiger partial charge in [-0.25, -0.2) is 0 Å². The van der Waals surface area contributed by atoms with E-state index in [4.69, 9.17) is 11.6 Å². The van der Waals surface area contributed by atoms with E-state index in [-0.39, 0.29) is 29.8 Å². The second-order valence-electron chi connectivity index (χ2n) is 6.53. The summed E-state index contributed by atoms with van der Waals surface area (Å²) >= 11 is 5.99. The summed E-state index contributed by atoms with van der Waals surface area (Å²) in [6.07, 6.45) is 6.95. The molecule has 1 aromatic heterocycles. The number of nitrogens with one attached hydrogen (secondary N) is 2. The normalized spacial score (nSPS) is 16.4. The van der Waals surface area contributed by atoms with Crippen molar-refractivity contribution in [1.29, 1.82) is 0 Å². The maximum absolute atomic E-state index is 12.6. The van der Waals surface area contributed by atoms with Gasteiger partial charge in [-0.15, -0.1) is 12.4 Å².